The van der Waals surface area contributed by atoms with E-state index >= 15 is 0 Å². The van der Waals surface area contributed by atoms with Crippen molar-refractivity contribution in [2.75, 3.05) is 12.4 Å². The zero-order valence-electron chi connectivity index (χ0n) is 11.0. The number of carboxylic acids is 1. The second-order valence-electron chi connectivity index (χ2n) is 4.81. The molecule has 2 rings (SSSR count). The van der Waals surface area contributed by atoms with Crippen molar-refractivity contribution in [3.63, 3.8) is 0 Å². The number of carboxylic acid groups (broad SMARTS) is 1. The van der Waals surface area contributed by atoms with Crippen molar-refractivity contribution in [1.29, 1.82) is 0 Å². The van der Waals surface area contributed by atoms with Gasteiger partial charge in [-0.15, -0.1) is 0 Å². The average Bonchev–Trinajstić information content (AvgIpc) is 2.91. The van der Waals surface area contributed by atoms with Gasteiger partial charge in [0.1, 0.15) is 4.90 Å². The zero-order valence-corrected chi connectivity index (χ0v) is 12.6. The standard InChI is InChI=1S/C13H14ClFO5S/c14-8-6-10(13(16)17)12(15)11(7-8)21(18,19)5-3-9-2-1-4-20-9/h6-7,9H,1-5H2,(H,16,17). The molecule has 0 saturated carbocycles. The van der Waals surface area contributed by atoms with Gasteiger partial charge in [-0.2, -0.15) is 0 Å². The molecule has 0 aromatic heterocycles. The Morgan fingerprint density at radius 2 is 2.19 bits per heavy atom. The van der Waals surface area contributed by atoms with Crippen LogP contribution in [0.1, 0.15) is 29.6 Å². The minimum atomic E-state index is -3.96. The lowest BCUT2D eigenvalue weighted by Crippen LogP contribution is -2.17. The summed E-state index contributed by atoms with van der Waals surface area (Å²) in [5.41, 5.74) is -0.752. The maximum atomic E-state index is 14.0. The normalized spacial score (nSPS) is 18.9. The molecule has 1 aliphatic heterocycles. The summed E-state index contributed by atoms with van der Waals surface area (Å²) in [6, 6.07) is 1.83. The summed E-state index contributed by atoms with van der Waals surface area (Å²) in [7, 11) is -3.96. The van der Waals surface area contributed by atoms with Crippen LogP contribution in [0.4, 0.5) is 4.39 Å². The van der Waals surface area contributed by atoms with Gasteiger partial charge in [0.25, 0.3) is 0 Å². The van der Waals surface area contributed by atoms with Gasteiger partial charge in [-0.3, -0.25) is 0 Å². The van der Waals surface area contributed by atoms with E-state index in [1.165, 1.54) is 0 Å². The van der Waals surface area contributed by atoms with Crippen molar-refractivity contribution in [1.82, 2.24) is 0 Å². The highest BCUT2D eigenvalue weighted by Gasteiger charge is 2.27. The van der Waals surface area contributed by atoms with E-state index in [0.717, 1.165) is 25.0 Å². The van der Waals surface area contributed by atoms with Gasteiger partial charge in [-0.25, -0.2) is 17.6 Å². The van der Waals surface area contributed by atoms with Crippen molar-refractivity contribution in [2.45, 2.75) is 30.3 Å². The average molecular weight is 337 g/mol. The molecule has 1 aliphatic rings. The Labute approximate surface area is 126 Å². The molecular weight excluding hydrogens is 323 g/mol. The fourth-order valence-electron chi connectivity index (χ4n) is 2.21. The fourth-order valence-corrected chi connectivity index (χ4v) is 3.98. The zero-order chi connectivity index (χ0) is 15.6. The van der Waals surface area contributed by atoms with Gasteiger partial charge in [0, 0.05) is 11.6 Å². The molecular formula is C13H14ClFO5S. The molecule has 1 saturated heterocycles. The fraction of sp³-hybridized carbons (Fsp3) is 0.462. The molecule has 0 radical (unpaired) electrons. The molecule has 1 fully saturated rings. The first-order chi connectivity index (χ1) is 9.81. The third kappa shape index (κ3) is 3.72. The van der Waals surface area contributed by atoms with Crippen molar-refractivity contribution in [3.8, 4) is 0 Å². The molecule has 1 atom stereocenters. The molecule has 0 aliphatic carbocycles. The number of carbonyl (C=O) groups is 1. The smallest absolute Gasteiger partial charge is 0.338 e. The molecule has 1 aromatic rings. The number of aromatic carboxylic acids is 1. The molecule has 8 heteroatoms. The number of sulfone groups is 1. The molecule has 21 heavy (non-hydrogen) atoms. The molecule has 1 N–H and O–H groups in total. The topological polar surface area (TPSA) is 80.7 Å². The summed E-state index contributed by atoms with van der Waals surface area (Å²) in [6.07, 6.45) is 1.74. The molecule has 0 spiro atoms. The SMILES string of the molecule is O=C(O)c1cc(Cl)cc(S(=O)(=O)CCC2CCCO2)c1F. The predicted octanol–water partition coefficient (Wildman–Crippen LogP) is 2.52. The highest BCUT2D eigenvalue weighted by molar-refractivity contribution is 7.91. The summed E-state index contributed by atoms with van der Waals surface area (Å²) in [5.74, 6) is -3.15. The second-order valence-corrected chi connectivity index (χ2v) is 7.33. The molecule has 0 bridgehead atoms. The van der Waals surface area contributed by atoms with Gasteiger partial charge >= 0.3 is 5.97 Å². The third-order valence-corrected chi connectivity index (χ3v) is 5.26. The van der Waals surface area contributed by atoms with E-state index in [4.69, 9.17) is 21.4 Å². The maximum absolute atomic E-state index is 14.0. The Morgan fingerprint density at radius 1 is 1.48 bits per heavy atom. The maximum Gasteiger partial charge on any atom is 0.338 e. The summed E-state index contributed by atoms with van der Waals surface area (Å²) in [5, 5.41) is 8.73. The highest BCUT2D eigenvalue weighted by atomic mass is 35.5. The van der Waals surface area contributed by atoms with Crippen LogP contribution in [0.5, 0.6) is 0 Å². The lowest BCUT2D eigenvalue weighted by atomic mass is 10.2. The van der Waals surface area contributed by atoms with E-state index in [1.54, 1.807) is 0 Å². The monoisotopic (exact) mass is 336 g/mol. The van der Waals surface area contributed by atoms with Crippen molar-refractivity contribution < 1.29 is 27.4 Å². The van der Waals surface area contributed by atoms with E-state index in [1.807, 2.05) is 0 Å². The predicted molar refractivity (Wildman–Crippen MR) is 74.0 cm³/mol. The summed E-state index contributed by atoms with van der Waals surface area (Å²) in [6.45, 7) is 0.597. The minimum absolute atomic E-state index is 0.135. The van der Waals surface area contributed by atoms with Crippen LogP contribution in [0.2, 0.25) is 5.02 Å². The van der Waals surface area contributed by atoms with Crippen molar-refractivity contribution >= 4 is 27.4 Å². The second kappa shape index (κ2) is 6.29. The quantitative estimate of drug-likeness (QED) is 0.893. The van der Waals surface area contributed by atoms with Crippen LogP contribution in [0.15, 0.2) is 17.0 Å². The minimum Gasteiger partial charge on any atom is -0.478 e. The van der Waals surface area contributed by atoms with Gasteiger partial charge in [0.05, 0.1) is 17.4 Å². The number of hydrogen-bond donors (Lipinski definition) is 1. The highest BCUT2D eigenvalue weighted by Crippen LogP contribution is 2.26. The first-order valence-electron chi connectivity index (χ1n) is 6.38. The lowest BCUT2D eigenvalue weighted by Gasteiger charge is -2.11. The van der Waals surface area contributed by atoms with Crippen LogP contribution < -0.4 is 0 Å². The number of rotatable bonds is 5. The molecule has 1 aromatic carbocycles. The van der Waals surface area contributed by atoms with Crippen LogP contribution in [-0.4, -0.2) is 38.0 Å². The van der Waals surface area contributed by atoms with Crippen molar-refractivity contribution in [2.24, 2.45) is 0 Å². The number of benzene rings is 1. The Balaban J connectivity index is 2.28. The van der Waals surface area contributed by atoms with Gasteiger partial charge in [-0.05, 0) is 31.4 Å². The van der Waals surface area contributed by atoms with Gasteiger partial charge in [0.2, 0.25) is 0 Å². The van der Waals surface area contributed by atoms with Gasteiger partial charge in [-0.1, -0.05) is 11.6 Å². The van der Waals surface area contributed by atoms with E-state index in [0.29, 0.717) is 6.61 Å². The lowest BCUT2D eigenvalue weighted by molar-refractivity contribution is 0.0691. The molecule has 116 valence electrons. The van der Waals surface area contributed by atoms with E-state index in [-0.39, 0.29) is 23.3 Å². The first kappa shape index (κ1) is 16.2. The number of ether oxygens (including phenoxy) is 1. The molecule has 1 heterocycles. The summed E-state index contributed by atoms with van der Waals surface area (Å²) >= 11 is 5.68. The van der Waals surface area contributed by atoms with Crippen LogP contribution in [0.3, 0.4) is 0 Å². The van der Waals surface area contributed by atoms with Gasteiger partial charge < -0.3 is 9.84 Å². The Morgan fingerprint density at radius 3 is 2.76 bits per heavy atom. The molecule has 0 amide bonds. The molecule has 1 unspecified atom stereocenters. The largest absolute Gasteiger partial charge is 0.478 e. The Kier molecular flexibility index (Phi) is 4.85. The van der Waals surface area contributed by atoms with Gasteiger partial charge in [0.15, 0.2) is 15.7 Å². The summed E-state index contributed by atoms with van der Waals surface area (Å²) in [4.78, 5) is 10.2. The van der Waals surface area contributed by atoms with E-state index < -0.39 is 32.1 Å². The molecule has 5 nitrogen and oxygen atoms in total. The van der Waals surface area contributed by atoms with E-state index in [2.05, 4.69) is 0 Å². The Hall–Kier alpha value is -1.18. The third-order valence-electron chi connectivity index (χ3n) is 3.30. The van der Waals surface area contributed by atoms with Crippen LogP contribution in [0, 0.1) is 5.82 Å². The van der Waals surface area contributed by atoms with Crippen LogP contribution >= 0.6 is 11.6 Å². The Bertz CT molecular complexity index is 653. The van der Waals surface area contributed by atoms with E-state index in [9.17, 15) is 17.6 Å². The van der Waals surface area contributed by atoms with Crippen molar-refractivity contribution in [3.05, 3.63) is 28.5 Å². The van der Waals surface area contributed by atoms with Crippen LogP contribution in [0.25, 0.3) is 0 Å². The number of halogens is 2. The van der Waals surface area contributed by atoms with Crippen LogP contribution in [-0.2, 0) is 14.6 Å². The number of hydrogen-bond acceptors (Lipinski definition) is 4. The summed E-state index contributed by atoms with van der Waals surface area (Å²) < 4.78 is 43.8. The first-order valence-corrected chi connectivity index (χ1v) is 8.41.